The molecule has 0 aliphatic heterocycles. The van der Waals surface area contributed by atoms with Gasteiger partial charge in [-0.15, -0.1) is 0 Å². The molecule has 0 radical (unpaired) electrons. The molecule has 0 aliphatic rings. The molecule has 20 heavy (non-hydrogen) atoms. The van der Waals surface area contributed by atoms with Gasteiger partial charge in [-0.05, 0) is 30.9 Å². The van der Waals surface area contributed by atoms with Gasteiger partial charge in [0, 0.05) is 6.42 Å². The first-order valence-corrected chi connectivity index (χ1v) is 8.78. The summed E-state index contributed by atoms with van der Waals surface area (Å²) in [7, 11) is 6.80. The van der Waals surface area contributed by atoms with E-state index in [1.54, 1.807) is 0 Å². The predicted molar refractivity (Wildman–Crippen MR) is 89.2 cm³/mol. The quantitative estimate of drug-likeness (QED) is 0.247. The van der Waals surface area contributed by atoms with Gasteiger partial charge in [0.2, 0.25) is 5.24 Å². The maximum absolute atomic E-state index is 10.5. The lowest BCUT2D eigenvalue weighted by atomic mass is 10.1. The minimum absolute atomic E-state index is 0.185. The van der Waals surface area contributed by atoms with Gasteiger partial charge in [-0.2, -0.15) is 0 Å². The molecule has 0 spiro atoms. The van der Waals surface area contributed by atoms with E-state index in [0.717, 1.165) is 17.3 Å². The van der Waals surface area contributed by atoms with Gasteiger partial charge in [-0.1, -0.05) is 51.4 Å². The largest absolute Gasteiger partial charge is 0.331 e. The summed E-state index contributed by atoms with van der Waals surface area (Å²) in [4.78, 5) is 10.5. The zero-order chi connectivity index (χ0) is 15.3. The van der Waals surface area contributed by atoms with Gasteiger partial charge in [0.1, 0.15) is 0 Å². The Morgan fingerprint density at radius 3 is 1.40 bits per heavy atom. The lowest BCUT2D eigenvalue weighted by Gasteiger charge is -2.23. The summed E-state index contributed by atoms with van der Waals surface area (Å²) in [5.74, 6) is 0. The molecule has 0 aromatic carbocycles. The van der Waals surface area contributed by atoms with Gasteiger partial charge in [-0.25, -0.2) is 0 Å². The zero-order valence-electron chi connectivity index (χ0n) is 13.9. The molecular formula is C17H35ClNO+. The van der Waals surface area contributed by atoms with Crippen LogP contribution in [0.2, 0.25) is 0 Å². The van der Waals surface area contributed by atoms with Crippen LogP contribution in [0.15, 0.2) is 0 Å². The van der Waals surface area contributed by atoms with Gasteiger partial charge in [0.05, 0.1) is 27.7 Å². The molecule has 0 atom stereocenters. The van der Waals surface area contributed by atoms with E-state index >= 15 is 0 Å². The number of nitrogens with zero attached hydrogens (tertiary/aromatic N) is 1. The molecule has 0 fully saturated rings. The molecule has 0 saturated heterocycles. The fraction of sp³-hybridized carbons (Fsp3) is 0.941. The molecule has 0 aliphatic carbocycles. The monoisotopic (exact) mass is 304 g/mol. The molecule has 0 saturated carbocycles. The van der Waals surface area contributed by atoms with Crippen molar-refractivity contribution in [1.29, 1.82) is 0 Å². The molecule has 0 amide bonds. The standard InChI is InChI=1S/C17H35ClNO/c1-19(2,3)16-14-12-10-8-6-4-5-7-9-11-13-15-17(18)20/h4-16H2,1-3H3/q+1. The number of halogens is 1. The van der Waals surface area contributed by atoms with Crippen molar-refractivity contribution >= 4 is 16.8 Å². The van der Waals surface area contributed by atoms with E-state index in [2.05, 4.69) is 21.1 Å². The van der Waals surface area contributed by atoms with Gasteiger partial charge in [-0.3, -0.25) is 4.79 Å². The van der Waals surface area contributed by atoms with Crippen LogP contribution >= 0.6 is 11.6 Å². The Morgan fingerprint density at radius 1 is 0.700 bits per heavy atom. The molecule has 0 unspecified atom stereocenters. The van der Waals surface area contributed by atoms with Crippen molar-refractivity contribution in [2.45, 2.75) is 77.0 Å². The average molecular weight is 305 g/mol. The Bertz CT molecular complexity index is 236. The highest BCUT2D eigenvalue weighted by Crippen LogP contribution is 2.12. The Hall–Kier alpha value is -0.0800. The number of unbranched alkanes of at least 4 members (excludes halogenated alkanes) is 10. The van der Waals surface area contributed by atoms with Crippen LogP contribution in [0.25, 0.3) is 0 Å². The molecule has 0 heterocycles. The van der Waals surface area contributed by atoms with Crippen molar-refractivity contribution in [1.82, 2.24) is 0 Å². The first-order chi connectivity index (χ1) is 9.42. The number of hydrogen-bond acceptors (Lipinski definition) is 1. The van der Waals surface area contributed by atoms with E-state index in [4.69, 9.17) is 11.6 Å². The molecular weight excluding hydrogens is 270 g/mol. The maximum Gasteiger partial charge on any atom is 0.221 e. The minimum Gasteiger partial charge on any atom is -0.331 e. The van der Waals surface area contributed by atoms with Gasteiger partial charge < -0.3 is 4.48 Å². The Morgan fingerprint density at radius 2 is 1.05 bits per heavy atom. The van der Waals surface area contributed by atoms with E-state index in [9.17, 15) is 4.79 Å². The smallest absolute Gasteiger partial charge is 0.221 e. The van der Waals surface area contributed by atoms with Crippen LogP contribution in [0.4, 0.5) is 0 Å². The molecule has 0 aromatic rings. The van der Waals surface area contributed by atoms with Crippen molar-refractivity contribution in [3.8, 4) is 0 Å². The Balaban J connectivity index is 3.05. The average Bonchev–Trinajstić information content (AvgIpc) is 2.33. The third kappa shape index (κ3) is 17.9. The van der Waals surface area contributed by atoms with Crippen molar-refractivity contribution in [3.05, 3.63) is 0 Å². The second-order valence-electron chi connectivity index (χ2n) is 7.01. The summed E-state index contributed by atoms with van der Waals surface area (Å²) in [6, 6.07) is 0. The van der Waals surface area contributed by atoms with Gasteiger partial charge in [0.25, 0.3) is 0 Å². The first-order valence-electron chi connectivity index (χ1n) is 8.40. The highest BCUT2D eigenvalue weighted by Gasteiger charge is 2.04. The third-order valence-corrected chi connectivity index (χ3v) is 3.89. The number of rotatable bonds is 14. The SMILES string of the molecule is C[N+](C)(C)CCCCCCCCCCCCCC(=O)Cl. The lowest BCUT2D eigenvalue weighted by molar-refractivity contribution is -0.870. The van der Waals surface area contributed by atoms with E-state index < -0.39 is 0 Å². The number of carbonyl (C=O) groups excluding carboxylic acids is 1. The maximum atomic E-state index is 10.5. The number of carbonyl (C=O) groups is 1. The second kappa shape index (κ2) is 12.6. The summed E-state index contributed by atoms with van der Waals surface area (Å²) in [5, 5.41) is -0.185. The van der Waals surface area contributed by atoms with Crippen LogP contribution in [-0.4, -0.2) is 37.4 Å². The van der Waals surface area contributed by atoms with Gasteiger partial charge in [0.15, 0.2) is 0 Å². The molecule has 120 valence electrons. The second-order valence-corrected chi connectivity index (χ2v) is 7.43. The molecule has 0 N–H and O–H groups in total. The third-order valence-electron chi connectivity index (χ3n) is 3.70. The lowest BCUT2D eigenvalue weighted by Crippen LogP contribution is -2.35. The van der Waals surface area contributed by atoms with Gasteiger partial charge >= 0.3 is 0 Å². The Kier molecular flexibility index (Phi) is 12.6. The predicted octanol–water partition coefficient (Wildman–Crippen LogP) is 5.14. The van der Waals surface area contributed by atoms with Crippen molar-refractivity contribution < 1.29 is 9.28 Å². The fourth-order valence-corrected chi connectivity index (χ4v) is 2.57. The van der Waals surface area contributed by atoms with Crippen molar-refractivity contribution in [2.24, 2.45) is 0 Å². The zero-order valence-corrected chi connectivity index (χ0v) is 14.7. The van der Waals surface area contributed by atoms with E-state index in [1.807, 2.05) is 0 Å². The molecule has 0 rings (SSSR count). The summed E-state index contributed by atoms with van der Waals surface area (Å²) in [6.45, 7) is 1.30. The highest BCUT2D eigenvalue weighted by molar-refractivity contribution is 6.63. The molecule has 0 aromatic heterocycles. The molecule has 2 nitrogen and oxygen atoms in total. The van der Waals surface area contributed by atoms with Crippen LogP contribution in [0.5, 0.6) is 0 Å². The Labute approximate surface area is 131 Å². The molecule has 3 heteroatoms. The number of quaternary nitrogens is 1. The van der Waals surface area contributed by atoms with E-state index in [-0.39, 0.29) is 5.24 Å². The summed E-state index contributed by atoms with van der Waals surface area (Å²) in [5.41, 5.74) is 0. The van der Waals surface area contributed by atoms with Crippen LogP contribution in [-0.2, 0) is 4.79 Å². The fourth-order valence-electron chi connectivity index (χ4n) is 2.44. The highest BCUT2D eigenvalue weighted by atomic mass is 35.5. The van der Waals surface area contributed by atoms with Crippen LogP contribution in [0.3, 0.4) is 0 Å². The summed E-state index contributed by atoms with van der Waals surface area (Å²) < 4.78 is 1.09. The van der Waals surface area contributed by atoms with Crippen LogP contribution < -0.4 is 0 Å². The van der Waals surface area contributed by atoms with E-state index in [1.165, 1.54) is 64.3 Å². The normalized spacial score (nSPS) is 11.8. The van der Waals surface area contributed by atoms with Crippen molar-refractivity contribution in [3.63, 3.8) is 0 Å². The topological polar surface area (TPSA) is 17.1 Å². The summed E-state index contributed by atoms with van der Waals surface area (Å²) in [6.07, 6.45) is 14.9. The summed E-state index contributed by atoms with van der Waals surface area (Å²) >= 11 is 5.30. The number of hydrogen-bond donors (Lipinski definition) is 0. The minimum atomic E-state index is -0.185. The van der Waals surface area contributed by atoms with Crippen LogP contribution in [0, 0.1) is 0 Å². The van der Waals surface area contributed by atoms with E-state index in [0.29, 0.717) is 6.42 Å². The molecule has 0 bridgehead atoms. The van der Waals surface area contributed by atoms with Crippen LogP contribution in [0.1, 0.15) is 77.0 Å². The van der Waals surface area contributed by atoms with Crippen molar-refractivity contribution in [2.75, 3.05) is 27.7 Å². The first kappa shape index (κ1) is 19.9.